The number of fused-ring (bicyclic) bond motifs is 1. The molecule has 0 unspecified atom stereocenters. The highest BCUT2D eigenvalue weighted by Gasteiger charge is 2.25. The zero-order valence-electron chi connectivity index (χ0n) is 17.2. The van der Waals surface area contributed by atoms with Gasteiger partial charge in [0.25, 0.3) is 5.91 Å². The van der Waals surface area contributed by atoms with E-state index in [4.69, 9.17) is 9.41 Å². The van der Waals surface area contributed by atoms with Crippen LogP contribution in [0, 0.1) is 0 Å². The lowest BCUT2D eigenvalue weighted by Crippen LogP contribution is -2.53. The van der Waals surface area contributed by atoms with Crippen molar-refractivity contribution >= 4 is 17.5 Å². The van der Waals surface area contributed by atoms with Gasteiger partial charge in [0, 0.05) is 51.9 Å². The standard InChI is InChI=1S/C21H27N7O2/c1-2-22-21(23-10-5-9-19-25-24-18-8-3-4-11-28(18)19)27-14-12-26(13-15-27)20(29)17-7-6-16-30-17/h3-4,6-8,11,16H,2,5,9-10,12-15H2,1H3,(H,22,23). The Hall–Kier alpha value is -3.36. The topological polar surface area (TPSA) is 91.3 Å². The van der Waals surface area contributed by atoms with Gasteiger partial charge in [-0.15, -0.1) is 10.2 Å². The number of hydrogen-bond donors (Lipinski definition) is 1. The predicted molar refractivity (Wildman–Crippen MR) is 113 cm³/mol. The van der Waals surface area contributed by atoms with E-state index in [1.165, 1.54) is 6.26 Å². The van der Waals surface area contributed by atoms with Crippen LogP contribution >= 0.6 is 0 Å². The van der Waals surface area contributed by atoms with Crippen LogP contribution in [-0.2, 0) is 6.42 Å². The third-order valence-electron chi connectivity index (χ3n) is 5.14. The van der Waals surface area contributed by atoms with Gasteiger partial charge >= 0.3 is 0 Å². The number of aromatic nitrogens is 3. The molecule has 1 amide bonds. The van der Waals surface area contributed by atoms with E-state index in [0.717, 1.165) is 49.9 Å². The number of rotatable bonds is 6. The molecule has 0 aromatic carbocycles. The quantitative estimate of drug-likeness (QED) is 0.378. The smallest absolute Gasteiger partial charge is 0.289 e. The molecule has 158 valence electrons. The molecule has 0 spiro atoms. The summed E-state index contributed by atoms with van der Waals surface area (Å²) >= 11 is 0. The van der Waals surface area contributed by atoms with Crippen LogP contribution in [0.25, 0.3) is 5.65 Å². The van der Waals surface area contributed by atoms with Gasteiger partial charge in [0.15, 0.2) is 17.4 Å². The fourth-order valence-electron chi connectivity index (χ4n) is 3.59. The molecule has 1 N–H and O–H groups in total. The molecule has 9 heteroatoms. The number of nitrogens with zero attached hydrogens (tertiary/aromatic N) is 6. The average molecular weight is 409 g/mol. The Morgan fingerprint density at radius 3 is 2.73 bits per heavy atom. The van der Waals surface area contributed by atoms with E-state index >= 15 is 0 Å². The van der Waals surface area contributed by atoms with Crippen molar-refractivity contribution in [2.24, 2.45) is 4.99 Å². The third-order valence-corrected chi connectivity index (χ3v) is 5.14. The molecule has 0 saturated carbocycles. The van der Waals surface area contributed by atoms with Crippen LogP contribution in [0.3, 0.4) is 0 Å². The number of aliphatic imine (C=N–C) groups is 1. The zero-order chi connectivity index (χ0) is 20.8. The lowest BCUT2D eigenvalue weighted by molar-refractivity contribution is 0.0657. The Bertz CT molecular complexity index is 988. The maximum Gasteiger partial charge on any atom is 0.289 e. The number of pyridine rings is 1. The van der Waals surface area contributed by atoms with E-state index in [1.54, 1.807) is 12.1 Å². The monoisotopic (exact) mass is 409 g/mol. The summed E-state index contributed by atoms with van der Waals surface area (Å²) in [5.41, 5.74) is 0.867. The first-order chi connectivity index (χ1) is 14.8. The van der Waals surface area contributed by atoms with Crippen LogP contribution in [0.15, 0.2) is 52.2 Å². The minimum Gasteiger partial charge on any atom is -0.459 e. The van der Waals surface area contributed by atoms with Crippen molar-refractivity contribution in [3.8, 4) is 0 Å². The van der Waals surface area contributed by atoms with E-state index in [9.17, 15) is 4.79 Å². The van der Waals surface area contributed by atoms with E-state index in [-0.39, 0.29) is 5.91 Å². The normalized spacial score (nSPS) is 15.0. The maximum absolute atomic E-state index is 12.4. The van der Waals surface area contributed by atoms with Gasteiger partial charge in [-0.25, -0.2) is 0 Å². The minimum absolute atomic E-state index is 0.0536. The molecule has 1 saturated heterocycles. The number of carbonyl (C=O) groups is 1. The van der Waals surface area contributed by atoms with Crippen molar-refractivity contribution in [3.05, 3.63) is 54.4 Å². The van der Waals surface area contributed by atoms with Gasteiger partial charge in [-0.2, -0.15) is 0 Å². The number of hydrogen-bond acceptors (Lipinski definition) is 5. The number of amides is 1. The third kappa shape index (κ3) is 4.45. The Morgan fingerprint density at radius 2 is 1.97 bits per heavy atom. The van der Waals surface area contributed by atoms with Crippen LogP contribution in [0.2, 0.25) is 0 Å². The highest BCUT2D eigenvalue weighted by Crippen LogP contribution is 2.10. The second kappa shape index (κ2) is 9.43. The van der Waals surface area contributed by atoms with Crippen molar-refractivity contribution in [1.82, 2.24) is 29.7 Å². The molecular weight excluding hydrogens is 382 g/mol. The number of piperazine rings is 1. The largest absolute Gasteiger partial charge is 0.459 e. The van der Waals surface area contributed by atoms with Gasteiger partial charge in [-0.1, -0.05) is 6.07 Å². The summed E-state index contributed by atoms with van der Waals surface area (Å²) in [6.45, 7) is 6.36. The summed E-state index contributed by atoms with van der Waals surface area (Å²) < 4.78 is 7.25. The Kier molecular flexibility index (Phi) is 6.26. The number of nitrogens with one attached hydrogen (secondary N) is 1. The van der Waals surface area contributed by atoms with Gasteiger partial charge in [0.05, 0.1) is 6.26 Å². The van der Waals surface area contributed by atoms with Crippen LogP contribution in [-0.4, -0.2) is 75.5 Å². The van der Waals surface area contributed by atoms with E-state index < -0.39 is 0 Å². The van der Waals surface area contributed by atoms with Crippen LogP contribution in [0.5, 0.6) is 0 Å². The predicted octanol–water partition coefficient (Wildman–Crippen LogP) is 1.68. The molecule has 4 heterocycles. The Labute approximate surface area is 175 Å². The molecule has 1 aliphatic heterocycles. The molecule has 30 heavy (non-hydrogen) atoms. The van der Waals surface area contributed by atoms with Crippen LogP contribution in [0.1, 0.15) is 29.7 Å². The fraction of sp³-hybridized carbons (Fsp3) is 0.429. The van der Waals surface area contributed by atoms with Crippen LogP contribution in [0.4, 0.5) is 0 Å². The molecule has 3 aromatic heterocycles. The first-order valence-electron chi connectivity index (χ1n) is 10.4. The highest BCUT2D eigenvalue weighted by molar-refractivity contribution is 5.91. The molecule has 1 fully saturated rings. The van der Waals surface area contributed by atoms with E-state index in [1.807, 2.05) is 33.7 Å². The molecule has 9 nitrogen and oxygen atoms in total. The van der Waals surface area contributed by atoms with Crippen molar-refractivity contribution in [2.75, 3.05) is 39.3 Å². The number of furan rings is 1. The summed E-state index contributed by atoms with van der Waals surface area (Å²) in [6, 6.07) is 9.34. The van der Waals surface area contributed by atoms with Crippen molar-refractivity contribution in [1.29, 1.82) is 0 Å². The summed E-state index contributed by atoms with van der Waals surface area (Å²) in [6.07, 6.45) is 5.23. The Balaban J connectivity index is 1.30. The SMILES string of the molecule is CCNC(=NCCCc1nnc2ccccn12)N1CCN(C(=O)c2ccco2)CC1. The first kappa shape index (κ1) is 19.9. The molecule has 3 aromatic rings. The molecule has 0 aliphatic carbocycles. The lowest BCUT2D eigenvalue weighted by atomic mass is 10.3. The van der Waals surface area contributed by atoms with Crippen molar-refractivity contribution in [2.45, 2.75) is 19.8 Å². The second-order valence-corrected chi connectivity index (χ2v) is 7.14. The number of aryl methyl sites for hydroxylation is 1. The summed E-state index contributed by atoms with van der Waals surface area (Å²) in [5.74, 6) is 2.19. The van der Waals surface area contributed by atoms with Gasteiger partial charge < -0.3 is 19.5 Å². The fourth-order valence-corrected chi connectivity index (χ4v) is 3.59. The highest BCUT2D eigenvalue weighted by atomic mass is 16.3. The number of guanidine groups is 1. The van der Waals surface area contributed by atoms with E-state index in [0.29, 0.717) is 25.4 Å². The van der Waals surface area contributed by atoms with Gasteiger partial charge in [0.1, 0.15) is 5.82 Å². The Morgan fingerprint density at radius 1 is 1.13 bits per heavy atom. The maximum atomic E-state index is 12.4. The average Bonchev–Trinajstić information content (AvgIpc) is 3.46. The zero-order valence-corrected chi connectivity index (χ0v) is 17.2. The molecule has 1 aliphatic rings. The second-order valence-electron chi connectivity index (χ2n) is 7.14. The summed E-state index contributed by atoms with van der Waals surface area (Å²) in [5, 5.41) is 11.8. The van der Waals surface area contributed by atoms with Crippen LogP contribution < -0.4 is 5.32 Å². The van der Waals surface area contributed by atoms with Crippen molar-refractivity contribution in [3.63, 3.8) is 0 Å². The molecule has 0 radical (unpaired) electrons. The minimum atomic E-state index is -0.0536. The van der Waals surface area contributed by atoms with Gasteiger partial charge in [-0.3, -0.25) is 14.2 Å². The molecule has 4 rings (SSSR count). The van der Waals surface area contributed by atoms with Gasteiger partial charge in [0.2, 0.25) is 0 Å². The lowest BCUT2D eigenvalue weighted by Gasteiger charge is -2.36. The van der Waals surface area contributed by atoms with Crippen molar-refractivity contribution < 1.29 is 9.21 Å². The molecule has 0 bridgehead atoms. The summed E-state index contributed by atoms with van der Waals surface area (Å²) in [4.78, 5) is 21.3. The first-order valence-corrected chi connectivity index (χ1v) is 10.4. The van der Waals surface area contributed by atoms with Gasteiger partial charge in [-0.05, 0) is 37.6 Å². The molecular formula is C21H27N7O2. The molecule has 0 atom stereocenters. The summed E-state index contributed by atoms with van der Waals surface area (Å²) in [7, 11) is 0. The van der Waals surface area contributed by atoms with E-state index in [2.05, 4.69) is 27.3 Å². The number of carbonyl (C=O) groups excluding carboxylic acids is 1.